The number of halogens is 1. The molecule has 0 atom stereocenters. The summed E-state index contributed by atoms with van der Waals surface area (Å²) in [5.41, 5.74) is 2.14. The van der Waals surface area contributed by atoms with Crippen LogP contribution in [0.2, 0.25) is 5.02 Å². The van der Waals surface area contributed by atoms with E-state index in [0.717, 1.165) is 11.1 Å². The molecule has 0 saturated heterocycles. The van der Waals surface area contributed by atoms with E-state index in [0.29, 0.717) is 17.3 Å². The number of aromatic nitrogens is 2. The minimum absolute atomic E-state index is 0.132. The molecule has 5 nitrogen and oxygen atoms in total. The van der Waals surface area contributed by atoms with Crippen molar-refractivity contribution >= 4 is 17.5 Å². The van der Waals surface area contributed by atoms with Gasteiger partial charge in [-0.25, -0.2) is 4.68 Å². The van der Waals surface area contributed by atoms with Crippen LogP contribution in [0.3, 0.4) is 0 Å². The monoisotopic (exact) mass is 353 g/mol. The molecule has 25 heavy (non-hydrogen) atoms. The summed E-state index contributed by atoms with van der Waals surface area (Å²) in [6.07, 6.45) is 0. The minimum atomic E-state index is -0.318. The zero-order valence-electron chi connectivity index (χ0n) is 13.4. The molecule has 126 valence electrons. The lowest BCUT2D eigenvalue weighted by molar-refractivity contribution is -0.122. The Morgan fingerprint density at radius 2 is 1.72 bits per heavy atom. The Bertz CT molecular complexity index is 921. The van der Waals surface area contributed by atoms with Gasteiger partial charge in [0, 0.05) is 23.2 Å². The third-order valence-electron chi connectivity index (χ3n) is 3.63. The molecule has 0 radical (unpaired) electrons. The molecule has 1 amide bonds. The Morgan fingerprint density at radius 1 is 1.00 bits per heavy atom. The van der Waals surface area contributed by atoms with E-state index < -0.39 is 0 Å². The van der Waals surface area contributed by atoms with Crippen LogP contribution in [0, 0.1) is 0 Å². The summed E-state index contributed by atoms with van der Waals surface area (Å²) in [5, 5.41) is 7.69. The van der Waals surface area contributed by atoms with Crippen molar-refractivity contribution in [1.82, 2.24) is 15.1 Å². The van der Waals surface area contributed by atoms with E-state index in [2.05, 4.69) is 10.4 Å². The number of amides is 1. The Labute approximate surface area is 149 Å². The largest absolute Gasteiger partial charge is 0.350 e. The summed E-state index contributed by atoms with van der Waals surface area (Å²) in [6, 6.07) is 19.8. The molecule has 0 aliphatic carbocycles. The molecule has 3 rings (SSSR count). The number of nitrogens with zero attached hydrogens (tertiary/aromatic N) is 2. The summed E-state index contributed by atoms with van der Waals surface area (Å²) < 4.78 is 1.17. The average molecular weight is 354 g/mol. The van der Waals surface area contributed by atoms with Crippen molar-refractivity contribution in [2.24, 2.45) is 0 Å². The molecule has 0 bridgehead atoms. The van der Waals surface area contributed by atoms with Gasteiger partial charge in [0.15, 0.2) is 0 Å². The quantitative estimate of drug-likeness (QED) is 0.767. The van der Waals surface area contributed by atoms with Gasteiger partial charge in [-0.3, -0.25) is 9.59 Å². The molecular formula is C19H16ClN3O2. The van der Waals surface area contributed by atoms with Crippen LogP contribution in [0.15, 0.2) is 71.5 Å². The van der Waals surface area contributed by atoms with Gasteiger partial charge in [0.25, 0.3) is 5.56 Å². The highest BCUT2D eigenvalue weighted by Gasteiger charge is 2.08. The number of nitrogens with one attached hydrogen (secondary N) is 1. The van der Waals surface area contributed by atoms with Gasteiger partial charge in [-0.2, -0.15) is 5.10 Å². The molecule has 0 unspecified atom stereocenters. The molecule has 0 fully saturated rings. The lowest BCUT2D eigenvalue weighted by atomic mass is 10.1. The zero-order valence-corrected chi connectivity index (χ0v) is 14.1. The second kappa shape index (κ2) is 7.77. The van der Waals surface area contributed by atoms with E-state index in [-0.39, 0.29) is 18.0 Å². The lowest BCUT2D eigenvalue weighted by Gasteiger charge is -2.08. The molecule has 2 aromatic carbocycles. The lowest BCUT2D eigenvalue weighted by Crippen LogP contribution is -2.33. The molecule has 1 aromatic heterocycles. The number of rotatable bonds is 5. The van der Waals surface area contributed by atoms with Crippen LogP contribution in [0.4, 0.5) is 0 Å². The molecule has 0 aliphatic rings. The fourth-order valence-corrected chi connectivity index (χ4v) is 2.45. The highest BCUT2D eigenvalue weighted by molar-refractivity contribution is 6.30. The molecule has 1 heterocycles. The predicted molar refractivity (Wildman–Crippen MR) is 97.2 cm³/mol. The Balaban J connectivity index is 1.68. The van der Waals surface area contributed by atoms with Crippen molar-refractivity contribution < 1.29 is 4.79 Å². The maximum Gasteiger partial charge on any atom is 0.267 e. The number of benzene rings is 2. The zero-order chi connectivity index (χ0) is 17.6. The third kappa shape index (κ3) is 4.55. The van der Waals surface area contributed by atoms with Gasteiger partial charge in [-0.05, 0) is 23.8 Å². The fourth-order valence-electron chi connectivity index (χ4n) is 2.32. The summed E-state index contributed by atoms with van der Waals surface area (Å²) in [7, 11) is 0. The second-order valence-electron chi connectivity index (χ2n) is 5.48. The number of hydrogen-bond donors (Lipinski definition) is 1. The summed E-state index contributed by atoms with van der Waals surface area (Å²) >= 11 is 5.83. The van der Waals surface area contributed by atoms with Gasteiger partial charge in [-0.1, -0.05) is 54.1 Å². The van der Waals surface area contributed by atoms with Gasteiger partial charge in [-0.15, -0.1) is 0 Å². The number of carbonyl (C=O) groups is 1. The summed E-state index contributed by atoms with van der Waals surface area (Å²) in [5.74, 6) is -0.283. The van der Waals surface area contributed by atoms with Crippen molar-refractivity contribution in [1.29, 1.82) is 0 Å². The van der Waals surface area contributed by atoms with Gasteiger partial charge < -0.3 is 5.32 Å². The minimum Gasteiger partial charge on any atom is -0.350 e. The molecule has 6 heteroatoms. The number of carbonyl (C=O) groups excluding carboxylic acids is 1. The first kappa shape index (κ1) is 16.9. The van der Waals surface area contributed by atoms with Crippen molar-refractivity contribution in [2.75, 3.05) is 0 Å². The first-order valence-corrected chi connectivity index (χ1v) is 8.14. The standard InChI is InChI=1S/C19H16ClN3O2/c20-16-8-6-14(7-9-16)12-21-18(24)13-23-19(25)11-10-17(22-23)15-4-2-1-3-5-15/h1-11H,12-13H2,(H,21,24). The Kier molecular flexibility index (Phi) is 5.26. The first-order valence-electron chi connectivity index (χ1n) is 7.76. The maximum atomic E-state index is 12.1. The van der Waals surface area contributed by atoms with Crippen LogP contribution in [-0.4, -0.2) is 15.7 Å². The average Bonchev–Trinajstić information content (AvgIpc) is 2.64. The van der Waals surface area contributed by atoms with Crippen LogP contribution in [0.5, 0.6) is 0 Å². The van der Waals surface area contributed by atoms with Crippen LogP contribution in [0.25, 0.3) is 11.3 Å². The molecule has 1 N–H and O–H groups in total. The molecular weight excluding hydrogens is 338 g/mol. The van der Waals surface area contributed by atoms with E-state index in [9.17, 15) is 9.59 Å². The topological polar surface area (TPSA) is 64.0 Å². The SMILES string of the molecule is O=C(Cn1nc(-c2ccccc2)ccc1=O)NCc1ccc(Cl)cc1. The molecule has 0 spiro atoms. The van der Waals surface area contributed by atoms with E-state index in [1.54, 1.807) is 18.2 Å². The Morgan fingerprint density at radius 3 is 2.44 bits per heavy atom. The normalized spacial score (nSPS) is 10.4. The van der Waals surface area contributed by atoms with E-state index in [1.165, 1.54) is 10.7 Å². The fraction of sp³-hybridized carbons (Fsp3) is 0.105. The summed E-state index contributed by atoms with van der Waals surface area (Å²) in [4.78, 5) is 24.1. The maximum absolute atomic E-state index is 12.1. The molecule has 0 aliphatic heterocycles. The van der Waals surface area contributed by atoms with Crippen LogP contribution < -0.4 is 10.9 Å². The van der Waals surface area contributed by atoms with Gasteiger partial charge in [0.2, 0.25) is 5.91 Å². The first-order chi connectivity index (χ1) is 12.1. The highest BCUT2D eigenvalue weighted by atomic mass is 35.5. The second-order valence-corrected chi connectivity index (χ2v) is 5.92. The molecule has 3 aromatic rings. The summed E-state index contributed by atoms with van der Waals surface area (Å²) in [6.45, 7) is 0.232. The van der Waals surface area contributed by atoms with Gasteiger partial charge in [0.1, 0.15) is 6.54 Å². The predicted octanol–water partition coefficient (Wildman–Crippen LogP) is 2.88. The highest BCUT2D eigenvalue weighted by Crippen LogP contribution is 2.14. The van der Waals surface area contributed by atoms with Crippen molar-refractivity contribution in [3.8, 4) is 11.3 Å². The van der Waals surface area contributed by atoms with Crippen molar-refractivity contribution in [2.45, 2.75) is 13.1 Å². The van der Waals surface area contributed by atoms with Crippen molar-refractivity contribution in [3.05, 3.63) is 87.7 Å². The van der Waals surface area contributed by atoms with E-state index in [1.807, 2.05) is 42.5 Å². The van der Waals surface area contributed by atoms with Crippen LogP contribution >= 0.6 is 11.6 Å². The van der Waals surface area contributed by atoms with E-state index >= 15 is 0 Å². The van der Waals surface area contributed by atoms with E-state index in [4.69, 9.17) is 11.6 Å². The van der Waals surface area contributed by atoms with Gasteiger partial charge >= 0.3 is 0 Å². The van der Waals surface area contributed by atoms with Crippen LogP contribution in [0.1, 0.15) is 5.56 Å². The van der Waals surface area contributed by atoms with Crippen LogP contribution in [-0.2, 0) is 17.9 Å². The smallest absolute Gasteiger partial charge is 0.267 e. The Hall–Kier alpha value is -2.92. The molecule has 0 saturated carbocycles. The number of hydrogen-bond acceptors (Lipinski definition) is 3. The van der Waals surface area contributed by atoms with Gasteiger partial charge in [0.05, 0.1) is 5.69 Å². The third-order valence-corrected chi connectivity index (χ3v) is 3.88. The van der Waals surface area contributed by atoms with Crippen molar-refractivity contribution in [3.63, 3.8) is 0 Å².